The van der Waals surface area contributed by atoms with Gasteiger partial charge in [-0.25, -0.2) is 0 Å². The van der Waals surface area contributed by atoms with E-state index in [0.29, 0.717) is 68.5 Å². The minimum Gasteiger partial charge on any atom is -0.872 e. The quantitative estimate of drug-likeness (QED) is 0.140. The first-order valence-corrected chi connectivity index (χ1v) is 18.7. The summed E-state index contributed by atoms with van der Waals surface area (Å²) in [6.07, 6.45) is 6.14. The van der Waals surface area contributed by atoms with E-state index in [-0.39, 0.29) is 85.0 Å². The summed E-state index contributed by atoms with van der Waals surface area (Å²) in [5.41, 5.74) is 1.39. The summed E-state index contributed by atoms with van der Waals surface area (Å²) in [7, 11) is 0. The molecular weight excluding hydrogens is 1020 g/mol. The van der Waals surface area contributed by atoms with Crippen LogP contribution in [0, 0.1) is 10.8 Å². The Kier molecular flexibility index (Phi) is 31.7. The molecule has 3 radical (unpaired) electrons. The van der Waals surface area contributed by atoms with E-state index >= 15 is 0 Å². The first-order chi connectivity index (χ1) is 27.0. The summed E-state index contributed by atoms with van der Waals surface area (Å²) in [6, 6.07) is 18.3. The van der Waals surface area contributed by atoms with E-state index in [2.05, 4.69) is 20.0 Å². The van der Waals surface area contributed by atoms with Crippen LogP contribution in [0.4, 0.5) is 0 Å². The number of hydrogen-bond donors (Lipinski definition) is 0. The number of carboxylic acids is 2. The molecule has 0 aliphatic rings. The van der Waals surface area contributed by atoms with Gasteiger partial charge < -0.3 is 40.2 Å². The molecule has 0 N–H and O–H groups in total. The van der Waals surface area contributed by atoms with Gasteiger partial charge in [0, 0.05) is 93.9 Å². The number of rotatable bonds is 12. The number of carbonyl (C=O) groups is 2. The monoisotopic (exact) mass is 1060 g/mol. The van der Waals surface area contributed by atoms with Crippen molar-refractivity contribution in [2.75, 3.05) is 26.2 Å². The molecule has 0 aliphatic carbocycles. The molecule has 12 nitrogen and oxygen atoms in total. The minimum atomic E-state index is -1.08. The third-order valence-electron chi connectivity index (χ3n) is 6.89. The fourth-order valence-corrected chi connectivity index (χ4v) is 4.87. The Balaban J connectivity index is -0.000000899. The number of aliphatic carboxylic acids is 2. The van der Waals surface area contributed by atoms with Crippen LogP contribution in [0.5, 0.6) is 23.0 Å². The van der Waals surface area contributed by atoms with Crippen molar-refractivity contribution in [3.8, 4) is 23.0 Å². The van der Waals surface area contributed by atoms with Gasteiger partial charge in [0.05, 0.1) is 0 Å². The molecule has 0 heterocycles. The van der Waals surface area contributed by atoms with Gasteiger partial charge in [-0.3, -0.25) is 20.0 Å². The van der Waals surface area contributed by atoms with Crippen LogP contribution in [0.25, 0.3) is 0 Å². The molecule has 0 unspecified atom stereocenters. The van der Waals surface area contributed by atoms with Crippen LogP contribution in [0.1, 0.15) is 63.8 Å². The molecule has 0 amide bonds. The standard InChI is InChI=1S/2C19H20Cl2N2O2.2C2H4O2.3Cu/c2*1-19(2,11-22-9-13-7-15(20)3-5-17(13)24)12-23-10-14-8-16(21)4-6-18(14)25;2*1-2(3)4;;;/h2*3-10,24-25H,11-12H2,1-2H3;2*1H3,(H,3,4);;;/q;;;;3*+2/p-6. The molecule has 0 aromatic heterocycles. The van der Waals surface area contributed by atoms with Crippen LogP contribution in [0.15, 0.2) is 92.8 Å². The minimum absolute atomic E-state index is 0. The van der Waals surface area contributed by atoms with Gasteiger partial charge in [0.2, 0.25) is 0 Å². The molecule has 0 spiro atoms. The van der Waals surface area contributed by atoms with E-state index in [1.807, 2.05) is 27.7 Å². The van der Waals surface area contributed by atoms with Gasteiger partial charge in [-0.15, -0.1) is 0 Å². The van der Waals surface area contributed by atoms with E-state index < -0.39 is 11.9 Å². The summed E-state index contributed by atoms with van der Waals surface area (Å²) in [4.78, 5) is 35.1. The van der Waals surface area contributed by atoms with Crippen molar-refractivity contribution in [2.45, 2.75) is 41.5 Å². The molecule has 4 aromatic rings. The molecule has 0 atom stereocenters. The normalized spacial score (nSPS) is 10.9. The molecule has 61 heavy (non-hydrogen) atoms. The molecule has 0 fully saturated rings. The molecule has 0 saturated heterocycles. The Morgan fingerprint density at radius 2 is 0.623 bits per heavy atom. The van der Waals surface area contributed by atoms with Crippen LogP contribution in [-0.4, -0.2) is 63.0 Å². The fourth-order valence-electron chi connectivity index (χ4n) is 4.15. The van der Waals surface area contributed by atoms with Crippen LogP contribution < -0.4 is 30.6 Å². The van der Waals surface area contributed by atoms with Crippen LogP contribution >= 0.6 is 46.4 Å². The summed E-state index contributed by atoms with van der Waals surface area (Å²) in [5.74, 6) is -2.64. The van der Waals surface area contributed by atoms with E-state index in [9.17, 15) is 20.4 Å². The summed E-state index contributed by atoms with van der Waals surface area (Å²) >= 11 is 23.5. The third-order valence-corrected chi connectivity index (χ3v) is 7.83. The van der Waals surface area contributed by atoms with E-state index in [4.69, 9.17) is 66.2 Å². The smallest absolute Gasteiger partial charge is 0.872 e. The van der Waals surface area contributed by atoms with Crippen molar-refractivity contribution in [3.05, 3.63) is 115 Å². The maximum absolute atomic E-state index is 11.7. The molecule has 4 aromatic carbocycles. The van der Waals surface area contributed by atoms with Crippen molar-refractivity contribution in [1.82, 2.24) is 0 Å². The maximum atomic E-state index is 11.7. The molecule has 0 saturated carbocycles. The van der Waals surface area contributed by atoms with Crippen LogP contribution in [0.2, 0.25) is 20.1 Å². The van der Waals surface area contributed by atoms with Crippen molar-refractivity contribution < 1.29 is 91.4 Å². The Hall–Kier alpha value is -3.58. The van der Waals surface area contributed by atoms with E-state index in [1.54, 1.807) is 48.5 Å². The number of halogens is 4. The Morgan fingerprint density at radius 1 is 0.459 bits per heavy atom. The van der Waals surface area contributed by atoms with Gasteiger partial charge in [0.25, 0.3) is 0 Å². The van der Waals surface area contributed by atoms with Crippen LogP contribution in [0.3, 0.4) is 0 Å². The fraction of sp³-hybridized carbons (Fsp3) is 0.286. The van der Waals surface area contributed by atoms with E-state index in [1.165, 1.54) is 49.1 Å². The van der Waals surface area contributed by atoms with Gasteiger partial charge in [0.15, 0.2) is 0 Å². The molecule has 19 heteroatoms. The second-order valence-corrected chi connectivity index (χ2v) is 15.7. The summed E-state index contributed by atoms with van der Waals surface area (Å²) < 4.78 is 0. The zero-order valence-electron chi connectivity index (χ0n) is 33.5. The van der Waals surface area contributed by atoms with E-state index in [0.717, 1.165) is 13.8 Å². The molecule has 339 valence electrons. The first-order valence-electron chi connectivity index (χ1n) is 17.2. The number of carboxylic acid groups (broad SMARTS) is 2. The van der Waals surface area contributed by atoms with Gasteiger partial charge in [0.1, 0.15) is 0 Å². The maximum Gasteiger partial charge on any atom is 2.00 e. The molecular formula is C42H42Cl4Cu3N4O8. The summed E-state index contributed by atoms with van der Waals surface area (Å²) in [5, 5.41) is 66.6. The van der Waals surface area contributed by atoms with Crippen molar-refractivity contribution in [2.24, 2.45) is 30.8 Å². The predicted octanol–water partition coefficient (Wildman–Crippen LogP) is 4.91. The first kappa shape index (κ1) is 61.7. The SMILES string of the molecule is CC(=O)[O-].CC(=O)[O-].CC(C)(CN=Cc1cc(Cl)ccc1[O-])CN=Cc1cc(Cl)ccc1[O-].CC(C)(CN=Cc1cc(Cl)ccc1[O-])CN=Cc1cc(Cl)ccc1[O-].[Cu+2].[Cu+2].[Cu+2]. The summed E-state index contributed by atoms with van der Waals surface area (Å²) in [6.45, 7) is 11.9. The molecule has 0 aliphatic heterocycles. The van der Waals surface area contributed by atoms with Crippen molar-refractivity contribution in [3.63, 3.8) is 0 Å². The average Bonchev–Trinajstić information content (AvgIpc) is 3.10. The van der Waals surface area contributed by atoms with Gasteiger partial charge >= 0.3 is 51.2 Å². The zero-order valence-corrected chi connectivity index (χ0v) is 39.4. The third kappa shape index (κ3) is 28.6. The van der Waals surface area contributed by atoms with Crippen molar-refractivity contribution >= 4 is 83.2 Å². The zero-order chi connectivity index (χ0) is 44.1. The number of aliphatic imine (C=N–C) groups is 4. The Labute approximate surface area is 408 Å². The van der Waals surface area contributed by atoms with Crippen LogP contribution in [-0.2, 0) is 60.8 Å². The molecule has 4 rings (SSSR count). The van der Waals surface area contributed by atoms with Crippen molar-refractivity contribution in [1.29, 1.82) is 0 Å². The van der Waals surface area contributed by atoms with Gasteiger partial charge in [-0.2, -0.15) is 0 Å². The predicted molar refractivity (Wildman–Crippen MR) is 222 cm³/mol. The Bertz CT molecular complexity index is 1820. The van der Waals surface area contributed by atoms with Gasteiger partial charge in [-0.05, 0) is 84.6 Å². The average molecular weight is 1060 g/mol. The molecule has 0 bridgehead atoms. The topological polar surface area (TPSA) is 222 Å². The number of nitrogens with zero attached hydrogens (tertiary/aromatic N) is 4. The number of carbonyl (C=O) groups excluding carboxylic acids is 2. The second kappa shape index (κ2) is 31.3. The number of hydrogen-bond acceptors (Lipinski definition) is 12. The second-order valence-electron chi connectivity index (χ2n) is 13.9. The number of benzene rings is 4. The largest absolute Gasteiger partial charge is 2.00 e. The van der Waals surface area contributed by atoms with Gasteiger partial charge in [-0.1, -0.05) is 121 Å². The Morgan fingerprint density at radius 3 is 0.787 bits per heavy atom.